The molecule has 2 rings (SSSR count). The standard InChI is InChI=1S/C17H17I2NO2/c1-11(14-6-5-13(18)9-15(14)19)20-10-12-4-7-16(21-2)17(8-12)22-3/h4-11H,1-3H3. The number of hydrogen-bond acceptors (Lipinski definition) is 3. The molecule has 0 fully saturated rings. The molecule has 0 aromatic heterocycles. The van der Waals surface area contributed by atoms with E-state index in [9.17, 15) is 0 Å². The molecule has 22 heavy (non-hydrogen) atoms. The summed E-state index contributed by atoms with van der Waals surface area (Å²) >= 11 is 4.68. The second-order valence-electron chi connectivity index (χ2n) is 4.73. The van der Waals surface area contributed by atoms with Crippen LogP contribution < -0.4 is 9.47 Å². The van der Waals surface area contributed by atoms with Gasteiger partial charge in [-0.05, 0) is 93.6 Å². The SMILES string of the molecule is COc1ccc(C=NC(C)c2ccc(I)cc2I)cc1OC. The first-order valence-electron chi connectivity index (χ1n) is 6.75. The Kier molecular flexibility index (Phi) is 6.49. The third-order valence-electron chi connectivity index (χ3n) is 3.27. The molecule has 1 unspecified atom stereocenters. The van der Waals surface area contributed by atoms with E-state index in [0.29, 0.717) is 5.75 Å². The van der Waals surface area contributed by atoms with Gasteiger partial charge in [0.05, 0.1) is 20.3 Å². The monoisotopic (exact) mass is 521 g/mol. The van der Waals surface area contributed by atoms with E-state index >= 15 is 0 Å². The first-order valence-corrected chi connectivity index (χ1v) is 8.91. The van der Waals surface area contributed by atoms with Crippen LogP contribution in [0.25, 0.3) is 0 Å². The van der Waals surface area contributed by atoms with Gasteiger partial charge in [-0.15, -0.1) is 0 Å². The number of halogens is 2. The van der Waals surface area contributed by atoms with Gasteiger partial charge in [-0.2, -0.15) is 0 Å². The van der Waals surface area contributed by atoms with Gasteiger partial charge in [0, 0.05) is 13.4 Å². The molecule has 0 heterocycles. The molecular weight excluding hydrogens is 504 g/mol. The van der Waals surface area contributed by atoms with Crippen molar-refractivity contribution >= 4 is 51.4 Å². The fourth-order valence-corrected chi connectivity index (χ4v) is 4.10. The average molecular weight is 521 g/mol. The van der Waals surface area contributed by atoms with Crippen molar-refractivity contribution in [1.82, 2.24) is 0 Å². The molecule has 0 spiro atoms. The number of hydrogen-bond donors (Lipinski definition) is 0. The molecule has 2 aromatic carbocycles. The lowest BCUT2D eigenvalue weighted by Crippen LogP contribution is -1.96. The van der Waals surface area contributed by atoms with E-state index in [1.54, 1.807) is 14.2 Å². The van der Waals surface area contributed by atoms with Crippen molar-refractivity contribution < 1.29 is 9.47 Å². The van der Waals surface area contributed by atoms with E-state index in [-0.39, 0.29) is 6.04 Å². The zero-order valence-electron chi connectivity index (χ0n) is 12.6. The summed E-state index contributed by atoms with van der Waals surface area (Å²) in [5.41, 5.74) is 2.22. The van der Waals surface area contributed by atoms with Gasteiger partial charge in [0.2, 0.25) is 0 Å². The number of ether oxygens (including phenoxy) is 2. The molecule has 0 bridgehead atoms. The van der Waals surface area contributed by atoms with Crippen molar-refractivity contribution in [2.45, 2.75) is 13.0 Å². The Hall–Kier alpha value is -0.830. The Morgan fingerprint density at radius 3 is 2.36 bits per heavy atom. The summed E-state index contributed by atoms with van der Waals surface area (Å²) in [4.78, 5) is 4.66. The number of aliphatic imine (C=N–C) groups is 1. The van der Waals surface area contributed by atoms with E-state index in [1.807, 2.05) is 24.4 Å². The molecule has 0 aliphatic rings. The Morgan fingerprint density at radius 1 is 1.00 bits per heavy atom. The molecule has 0 amide bonds. The quantitative estimate of drug-likeness (QED) is 0.406. The largest absolute Gasteiger partial charge is 0.493 e. The maximum atomic E-state index is 5.31. The van der Waals surface area contributed by atoms with Crippen molar-refractivity contribution in [2.24, 2.45) is 4.99 Å². The molecule has 0 aliphatic carbocycles. The predicted octanol–water partition coefficient (Wildman–Crippen LogP) is 5.09. The zero-order chi connectivity index (χ0) is 16.1. The molecule has 1 atom stereocenters. The molecule has 0 aliphatic heterocycles. The lowest BCUT2D eigenvalue weighted by atomic mass is 10.1. The van der Waals surface area contributed by atoms with Crippen LogP contribution in [0.3, 0.4) is 0 Å². The topological polar surface area (TPSA) is 30.8 Å². The third-order valence-corrected chi connectivity index (χ3v) is 4.87. The molecular formula is C17H17I2NO2. The van der Waals surface area contributed by atoms with Gasteiger partial charge >= 0.3 is 0 Å². The maximum Gasteiger partial charge on any atom is 0.161 e. The van der Waals surface area contributed by atoms with Gasteiger partial charge in [0.25, 0.3) is 0 Å². The van der Waals surface area contributed by atoms with Crippen LogP contribution in [0, 0.1) is 7.14 Å². The summed E-state index contributed by atoms with van der Waals surface area (Å²) in [6, 6.07) is 12.3. The van der Waals surface area contributed by atoms with Gasteiger partial charge in [0.1, 0.15) is 0 Å². The second kappa shape index (κ2) is 8.14. The van der Waals surface area contributed by atoms with Gasteiger partial charge in [-0.25, -0.2) is 0 Å². The lowest BCUT2D eigenvalue weighted by molar-refractivity contribution is 0.355. The number of methoxy groups -OCH3 is 2. The Morgan fingerprint density at radius 2 is 1.73 bits per heavy atom. The molecule has 0 saturated heterocycles. The van der Waals surface area contributed by atoms with Crippen LogP contribution in [0.2, 0.25) is 0 Å². The van der Waals surface area contributed by atoms with Crippen LogP contribution in [0.5, 0.6) is 11.5 Å². The van der Waals surface area contributed by atoms with E-state index in [1.165, 1.54) is 12.7 Å². The van der Waals surface area contributed by atoms with Crippen LogP contribution in [-0.2, 0) is 0 Å². The maximum absolute atomic E-state index is 5.31. The summed E-state index contributed by atoms with van der Waals surface area (Å²) in [6.07, 6.45) is 1.88. The summed E-state index contributed by atoms with van der Waals surface area (Å²) in [5.74, 6) is 1.43. The first-order chi connectivity index (χ1) is 10.5. The van der Waals surface area contributed by atoms with Crippen molar-refractivity contribution in [1.29, 1.82) is 0 Å². The summed E-state index contributed by atoms with van der Waals surface area (Å²) in [7, 11) is 3.27. The van der Waals surface area contributed by atoms with E-state index in [4.69, 9.17) is 9.47 Å². The Labute approximate surface area is 158 Å². The average Bonchev–Trinajstić information content (AvgIpc) is 2.52. The number of benzene rings is 2. The highest BCUT2D eigenvalue weighted by Gasteiger charge is 2.08. The summed E-state index contributed by atoms with van der Waals surface area (Å²) < 4.78 is 13.0. The van der Waals surface area contributed by atoms with Crippen molar-refractivity contribution in [3.63, 3.8) is 0 Å². The second-order valence-corrected chi connectivity index (χ2v) is 7.14. The van der Waals surface area contributed by atoms with Crippen LogP contribution in [0.1, 0.15) is 24.1 Å². The molecule has 0 saturated carbocycles. The minimum atomic E-state index is 0.108. The van der Waals surface area contributed by atoms with Gasteiger partial charge < -0.3 is 9.47 Å². The normalized spacial score (nSPS) is 12.4. The highest BCUT2D eigenvalue weighted by Crippen LogP contribution is 2.28. The summed E-state index contributed by atoms with van der Waals surface area (Å²) in [5, 5.41) is 0. The fraction of sp³-hybridized carbons (Fsp3) is 0.235. The van der Waals surface area contributed by atoms with Crippen LogP contribution in [0.4, 0.5) is 0 Å². The van der Waals surface area contributed by atoms with Crippen molar-refractivity contribution in [3.05, 3.63) is 54.7 Å². The minimum Gasteiger partial charge on any atom is -0.493 e. The molecule has 2 aromatic rings. The number of rotatable bonds is 5. The molecule has 0 N–H and O–H groups in total. The zero-order valence-corrected chi connectivity index (χ0v) is 17.0. The summed E-state index contributed by atoms with van der Waals surface area (Å²) in [6.45, 7) is 2.10. The molecule has 116 valence electrons. The lowest BCUT2D eigenvalue weighted by Gasteiger charge is -2.10. The first kappa shape index (κ1) is 17.5. The molecule has 3 nitrogen and oxygen atoms in total. The molecule has 0 radical (unpaired) electrons. The van der Waals surface area contributed by atoms with Crippen LogP contribution in [0.15, 0.2) is 41.4 Å². The van der Waals surface area contributed by atoms with Crippen LogP contribution in [-0.4, -0.2) is 20.4 Å². The van der Waals surface area contributed by atoms with E-state index in [2.05, 4.69) is 75.3 Å². The Balaban J connectivity index is 2.20. The van der Waals surface area contributed by atoms with Gasteiger partial charge in [-0.3, -0.25) is 4.99 Å². The highest BCUT2D eigenvalue weighted by atomic mass is 127. The fourth-order valence-electron chi connectivity index (χ4n) is 2.05. The third kappa shape index (κ3) is 4.34. The predicted molar refractivity (Wildman–Crippen MR) is 107 cm³/mol. The smallest absolute Gasteiger partial charge is 0.161 e. The van der Waals surface area contributed by atoms with Crippen molar-refractivity contribution in [3.8, 4) is 11.5 Å². The number of nitrogens with zero attached hydrogens (tertiary/aromatic N) is 1. The van der Waals surface area contributed by atoms with Crippen LogP contribution >= 0.6 is 45.2 Å². The highest BCUT2D eigenvalue weighted by molar-refractivity contribution is 14.1. The van der Waals surface area contributed by atoms with Gasteiger partial charge in [0.15, 0.2) is 11.5 Å². The van der Waals surface area contributed by atoms with Crippen molar-refractivity contribution in [2.75, 3.05) is 14.2 Å². The van der Waals surface area contributed by atoms with Gasteiger partial charge in [-0.1, -0.05) is 6.07 Å². The molecule has 5 heteroatoms. The van der Waals surface area contributed by atoms with E-state index in [0.717, 1.165) is 11.3 Å². The van der Waals surface area contributed by atoms with E-state index < -0.39 is 0 Å². The minimum absolute atomic E-state index is 0.108. The Bertz CT molecular complexity index is 686.